The number of hydrogen-bond donors (Lipinski definition) is 1. The van der Waals surface area contributed by atoms with Crippen molar-refractivity contribution in [1.82, 2.24) is 0 Å². The molecule has 1 heterocycles. The van der Waals surface area contributed by atoms with Gasteiger partial charge < -0.3 is 5.32 Å². The van der Waals surface area contributed by atoms with E-state index < -0.39 is 27.7 Å². The van der Waals surface area contributed by atoms with Crippen LogP contribution in [0, 0.1) is 0 Å². The van der Waals surface area contributed by atoms with E-state index in [1.807, 2.05) is 0 Å². The minimum atomic E-state index is -4.50. The predicted octanol–water partition coefficient (Wildman–Crippen LogP) is 3.67. The lowest BCUT2D eigenvalue weighted by Gasteiger charge is -2.21. The molecule has 0 saturated carbocycles. The molecule has 0 radical (unpaired) electrons. The van der Waals surface area contributed by atoms with Crippen LogP contribution in [0.5, 0.6) is 0 Å². The zero-order valence-corrected chi connectivity index (χ0v) is 15.4. The monoisotopic (exact) mass is 398 g/mol. The van der Waals surface area contributed by atoms with Gasteiger partial charge in [-0.2, -0.15) is 13.2 Å². The number of nitrogens with zero attached hydrogens (tertiary/aromatic N) is 1. The highest BCUT2D eigenvalue weighted by atomic mass is 32.2. The number of halogens is 3. The van der Waals surface area contributed by atoms with Crippen LogP contribution in [0.4, 0.5) is 24.5 Å². The van der Waals surface area contributed by atoms with Crippen LogP contribution in [-0.4, -0.2) is 26.6 Å². The van der Waals surface area contributed by atoms with Crippen LogP contribution in [0.3, 0.4) is 0 Å². The Morgan fingerprint density at radius 1 is 1.19 bits per heavy atom. The van der Waals surface area contributed by atoms with Gasteiger partial charge in [0, 0.05) is 17.3 Å². The molecular formula is C18H17F3N2O3S. The number of alkyl halides is 3. The molecule has 2 aromatic carbocycles. The zero-order valence-electron chi connectivity index (χ0n) is 14.5. The molecular weight excluding hydrogens is 381 g/mol. The second-order valence-corrected chi connectivity index (χ2v) is 8.35. The molecule has 9 heteroatoms. The summed E-state index contributed by atoms with van der Waals surface area (Å²) < 4.78 is 63.5. The normalized spacial score (nSPS) is 16.9. The molecule has 1 aliphatic rings. The highest BCUT2D eigenvalue weighted by Crippen LogP contribution is 2.35. The van der Waals surface area contributed by atoms with Gasteiger partial charge in [0.05, 0.1) is 17.5 Å². The standard InChI is InChI=1S/C18H17F3N2O3S/c1-11-8-13-9-12(6-7-16(13)23(11)27(2,25)26)17(24)22-15-5-3-4-14(10-15)18(19,20)21/h3-7,9-11H,8H2,1-2H3,(H,22,24). The van der Waals surface area contributed by atoms with E-state index in [4.69, 9.17) is 0 Å². The van der Waals surface area contributed by atoms with E-state index in [0.29, 0.717) is 17.7 Å². The first kappa shape index (κ1) is 19.2. The number of carbonyl (C=O) groups is 1. The number of fused-ring (bicyclic) bond motifs is 1. The fourth-order valence-corrected chi connectivity index (χ4v) is 4.49. The number of carbonyl (C=O) groups excluding carboxylic acids is 1. The molecule has 5 nitrogen and oxygen atoms in total. The van der Waals surface area contributed by atoms with Gasteiger partial charge >= 0.3 is 6.18 Å². The largest absolute Gasteiger partial charge is 0.416 e. The average Bonchev–Trinajstić information content (AvgIpc) is 2.89. The average molecular weight is 398 g/mol. The van der Waals surface area contributed by atoms with Crippen molar-refractivity contribution in [2.75, 3.05) is 15.9 Å². The first-order valence-corrected chi connectivity index (χ1v) is 9.92. The summed E-state index contributed by atoms with van der Waals surface area (Å²) in [6.45, 7) is 1.77. The fourth-order valence-electron chi connectivity index (χ4n) is 3.23. The van der Waals surface area contributed by atoms with E-state index in [9.17, 15) is 26.4 Å². The Bertz CT molecular complexity index is 1000. The number of rotatable bonds is 3. The van der Waals surface area contributed by atoms with Crippen LogP contribution in [0.2, 0.25) is 0 Å². The summed E-state index contributed by atoms with van der Waals surface area (Å²) in [5, 5.41) is 2.44. The fraction of sp³-hybridized carbons (Fsp3) is 0.278. The summed E-state index contributed by atoms with van der Waals surface area (Å²) in [5.41, 5.74) is 0.632. The van der Waals surface area contributed by atoms with E-state index >= 15 is 0 Å². The molecule has 1 N–H and O–H groups in total. The Kier molecular flexibility index (Phi) is 4.67. The number of nitrogens with one attached hydrogen (secondary N) is 1. The van der Waals surface area contributed by atoms with Crippen molar-refractivity contribution in [3.05, 3.63) is 59.2 Å². The Morgan fingerprint density at radius 3 is 2.52 bits per heavy atom. The third kappa shape index (κ3) is 3.92. The SMILES string of the molecule is CC1Cc2cc(C(=O)Nc3cccc(C(F)(F)F)c3)ccc2N1S(C)(=O)=O. The lowest BCUT2D eigenvalue weighted by atomic mass is 10.1. The second kappa shape index (κ2) is 6.56. The van der Waals surface area contributed by atoms with E-state index in [0.717, 1.165) is 18.4 Å². The molecule has 3 rings (SSSR count). The van der Waals surface area contributed by atoms with Gasteiger partial charge in [-0.3, -0.25) is 9.10 Å². The topological polar surface area (TPSA) is 66.5 Å². The summed E-state index contributed by atoms with van der Waals surface area (Å²) in [6.07, 6.45) is -2.93. The highest BCUT2D eigenvalue weighted by molar-refractivity contribution is 7.92. The molecule has 0 aromatic heterocycles. The maximum atomic E-state index is 12.8. The molecule has 0 saturated heterocycles. The van der Waals surface area contributed by atoms with Gasteiger partial charge in [-0.05, 0) is 55.3 Å². The van der Waals surface area contributed by atoms with Crippen molar-refractivity contribution < 1.29 is 26.4 Å². The zero-order chi connectivity index (χ0) is 20.0. The molecule has 1 unspecified atom stereocenters. The van der Waals surface area contributed by atoms with Crippen LogP contribution < -0.4 is 9.62 Å². The smallest absolute Gasteiger partial charge is 0.322 e. The maximum absolute atomic E-state index is 12.8. The van der Waals surface area contributed by atoms with Gasteiger partial charge in [0.25, 0.3) is 5.91 Å². The molecule has 0 aliphatic carbocycles. The van der Waals surface area contributed by atoms with Gasteiger partial charge in [-0.15, -0.1) is 0 Å². The summed E-state index contributed by atoms with van der Waals surface area (Å²) in [5.74, 6) is -0.567. The molecule has 1 amide bonds. The van der Waals surface area contributed by atoms with Gasteiger partial charge in [0.2, 0.25) is 10.0 Å². The van der Waals surface area contributed by atoms with E-state index in [1.54, 1.807) is 19.1 Å². The van der Waals surface area contributed by atoms with Crippen molar-refractivity contribution in [1.29, 1.82) is 0 Å². The molecule has 1 atom stereocenters. The van der Waals surface area contributed by atoms with Gasteiger partial charge in [0.15, 0.2) is 0 Å². The summed E-state index contributed by atoms with van der Waals surface area (Å²) >= 11 is 0. The Balaban J connectivity index is 1.85. The molecule has 144 valence electrons. The molecule has 1 aliphatic heterocycles. The van der Waals surface area contributed by atoms with Crippen molar-refractivity contribution in [2.45, 2.75) is 25.6 Å². The third-order valence-electron chi connectivity index (χ3n) is 4.30. The van der Waals surface area contributed by atoms with E-state index in [2.05, 4.69) is 5.32 Å². The van der Waals surface area contributed by atoms with Gasteiger partial charge in [0.1, 0.15) is 0 Å². The summed E-state index contributed by atoms with van der Waals surface area (Å²) in [7, 11) is -3.44. The quantitative estimate of drug-likeness (QED) is 0.858. The number of anilines is 2. The molecule has 0 fully saturated rings. The number of sulfonamides is 1. The minimum Gasteiger partial charge on any atom is -0.322 e. The lowest BCUT2D eigenvalue weighted by molar-refractivity contribution is -0.137. The molecule has 2 aromatic rings. The van der Waals surface area contributed by atoms with Crippen LogP contribution in [0.25, 0.3) is 0 Å². The minimum absolute atomic E-state index is 0.0291. The van der Waals surface area contributed by atoms with Crippen LogP contribution in [0.1, 0.15) is 28.4 Å². The van der Waals surface area contributed by atoms with E-state index in [1.165, 1.54) is 22.5 Å². The van der Waals surface area contributed by atoms with Gasteiger partial charge in [-0.25, -0.2) is 8.42 Å². The van der Waals surface area contributed by atoms with Crippen LogP contribution >= 0.6 is 0 Å². The van der Waals surface area contributed by atoms with E-state index in [-0.39, 0.29) is 17.3 Å². The molecule has 0 bridgehead atoms. The van der Waals surface area contributed by atoms with Crippen LogP contribution in [0.15, 0.2) is 42.5 Å². The van der Waals surface area contributed by atoms with Gasteiger partial charge in [-0.1, -0.05) is 6.07 Å². The van der Waals surface area contributed by atoms with Crippen molar-refractivity contribution in [3.8, 4) is 0 Å². The number of amides is 1. The third-order valence-corrected chi connectivity index (χ3v) is 5.57. The summed E-state index contributed by atoms with van der Waals surface area (Å²) in [4.78, 5) is 12.4. The van der Waals surface area contributed by atoms with Crippen LogP contribution in [-0.2, 0) is 22.6 Å². The molecule has 27 heavy (non-hydrogen) atoms. The number of benzene rings is 2. The van der Waals surface area contributed by atoms with Crippen molar-refractivity contribution in [3.63, 3.8) is 0 Å². The molecule has 0 spiro atoms. The van der Waals surface area contributed by atoms with Crippen molar-refractivity contribution in [2.24, 2.45) is 0 Å². The first-order chi connectivity index (χ1) is 12.5. The first-order valence-electron chi connectivity index (χ1n) is 8.08. The maximum Gasteiger partial charge on any atom is 0.416 e. The summed E-state index contributed by atoms with van der Waals surface area (Å²) in [6, 6.07) is 8.67. The van der Waals surface area contributed by atoms with Crippen molar-refractivity contribution >= 4 is 27.3 Å². The highest BCUT2D eigenvalue weighted by Gasteiger charge is 2.33. The predicted molar refractivity (Wildman–Crippen MR) is 96.3 cm³/mol. The lowest BCUT2D eigenvalue weighted by Crippen LogP contribution is -2.34. The Morgan fingerprint density at radius 2 is 1.89 bits per heavy atom. The second-order valence-electron chi connectivity index (χ2n) is 6.49. The Labute approximate surface area is 154 Å². The number of hydrogen-bond acceptors (Lipinski definition) is 3. The Hall–Kier alpha value is -2.55.